The van der Waals surface area contributed by atoms with Crippen LogP contribution in [-0.2, 0) is 0 Å². The molecule has 0 saturated carbocycles. The summed E-state index contributed by atoms with van der Waals surface area (Å²) in [4.78, 5) is 4.85. The fourth-order valence-corrected chi connectivity index (χ4v) is 3.24. The molecule has 2 rings (SSSR count). The normalized spacial score (nSPS) is 21.0. The highest BCUT2D eigenvalue weighted by Crippen LogP contribution is 2.25. The van der Waals surface area contributed by atoms with Gasteiger partial charge >= 0.3 is 0 Å². The lowest BCUT2D eigenvalue weighted by atomic mass is 9.98. The summed E-state index contributed by atoms with van der Waals surface area (Å²) in [6.45, 7) is 9.40. The molecule has 0 aliphatic carbocycles. The van der Waals surface area contributed by atoms with Crippen LogP contribution < -0.4 is 5.73 Å². The van der Waals surface area contributed by atoms with E-state index in [4.69, 9.17) is 10.8 Å². The van der Waals surface area contributed by atoms with Crippen LogP contribution in [0.5, 0.6) is 0 Å². The summed E-state index contributed by atoms with van der Waals surface area (Å²) < 4.78 is 0. The Kier molecular flexibility index (Phi) is 6.18. The molecule has 0 amide bonds. The van der Waals surface area contributed by atoms with Crippen LogP contribution in [0.2, 0.25) is 0 Å². The van der Waals surface area contributed by atoms with E-state index in [0.717, 1.165) is 39.1 Å². The number of β-amino-alcohol motifs (C(OH)–C–C–N with tert-alkyl or cyclic N) is 1. The minimum Gasteiger partial charge on any atom is -0.395 e. The van der Waals surface area contributed by atoms with Crippen LogP contribution in [0.15, 0.2) is 24.3 Å². The average Bonchev–Trinajstić information content (AvgIpc) is 2.67. The molecular weight excluding hydrogens is 262 g/mol. The van der Waals surface area contributed by atoms with Gasteiger partial charge in [0, 0.05) is 38.3 Å². The van der Waals surface area contributed by atoms with Gasteiger partial charge in [0.05, 0.1) is 6.61 Å². The van der Waals surface area contributed by atoms with Crippen molar-refractivity contribution in [1.29, 1.82) is 0 Å². The lowest BCUT2D eigenvalue weighted by Gasteiger charge is -2.34. The maximum Gasteiger partial charge on any atom is 0.0558 e. The van der Waals surface area contributed by atoms with E-state index in [1.165, 1.54) is 11.1 Å². The number of aliphatic hydroxyl groups excluding tert-OH is 1. The number of aryl methyl sites for hydroxylation is 1. The van der Waals surface area contributed by atoms with Crippen LogP contribution in [0.3, 0.4) is 0 Å². The van der Waals surface area contributed by atoms with Gasteiger partial charge in [0.1, 0.15) is 0 Å². The number of hydrogen-bond acceptors (Lipinski definition) is 4. The van der Waals surface area contributed by atoms with Crippen LogP contribution in [0.1, 0.15) is 30.5 Å². The maximum absolute atomic E-state index is 9.10. The van der Waals surface area contributed by atoms with Crippen molar-refractivity contribution < 1.29 is 5.11 Å². The molecule has 0 bridgehead atoms. The summed E-state index contributed by atoms with van der Waals surface area (Å²) in [5.41, 5.74) is 8.88. The molecule has 0 aromatic heterocycles. The van der Waals surface area contributed by atoms with E-state index in [1.807, 2.05) is 0 Å². The zero-order chi connectivity index (χ0) is 15.2. The van der Waals surface area contributed by atoms with Crippen LogP contribution >= 0.6 is 0 Å². The molecule has 0 radical (unpaired) electrons. The van der Waals surface area contributed by atoms with Crippen molar-refractivity contribution in [1.82, 2.24) is 9.80 Å². The third-order valence-corrected chi connectivity index (χ3v) is 4.35. The van der Waals surface area contributed by atoms with E-state index in [0.29, 0.717) is 0 Å². The van der Waals surface area contributed by atoms with Crippen molar-refractivity contribution >= 4 is 0 Å². The first-order valence-electron chi connectivity index (χ1n) is 8.01. The average molecular weight is 291 g/mol. The fourth-order valence-electron chi connectivity index (χ4n) is 3.24. The van der Waals surface area contributed by atoms with Gasteiger partial charge in [-0.25, -0.2) is 0 Å². The monoisotopic (exact) mass is 291 g/mol. The van der Waals surface area contributed by atoms with E-state index in [1.54, 1.807) is 0 Å². The highest BCUT2D eigenvalue weighted by atomic mass is 16.3. The highest BCUT2D eigenvalue weighted by molar-refractivity contribution is 5.25. The second-order valence-corrected chi connectivity index (χ2v) is 6.17. The number of aliphatic hydroxyl groups is 1. The van der Waals surface area contributed by atoms with Gasteiger partial charge in [0.15, 0.2) is 0 Å². The molecule has 21 heavy (non-hydrogen) atoms. The smallest absolute Gasteiger partial charge is 0.0558 e. The first kappa shape index (κ1) is 16.4. The number of nitrogens with two attached hydrogens (primary N) is 1. The molecular formula is C17H29N3O. The fraction of sp³-hybridized carbons (Fsp3) is 0.647. The first-order chi connectivity index (χ1) is 10.1. The van der Waals surface area contributed by atoms with Gasteiger partial charge in [-0.2, -0.15) is 0 Å². The van der Waals surface area contributed by atoms with Gasteiger partial charge in [0.2, 0.25) is 0 Å². The van der Waals surface area contributed by atoms with Crippen molar-refractivity contribution in [2.45, 2.75) is 32.4 Å². The zero-order valence-electron chi connectivity index (χ0n) is 13.3. The van der Waals surface area contributed by atoms with Crippen LogP contribution in [-0.4, -0.2) is 60.3 Å². The Labute approximate surface area is 128 Å². The zero-order valence-corrected chi connectivity index (χ0v) is 13.3. The van der Waals surface area contributed by atoms with Gasteiger partial charge in [0.25, 0.3) is 0 Å². The Morgan fingerprint density at radius 3 is 2.48 bits per heavy atom. The molecule has 2 unspecified atom stereocenters. The molecule has 1 aromatic carbocycles. The maximum atomic E-state index is 9.10. The molecule has 1 aliphatic heterocycles. The minimum absolute atomic E-state index is 0.108. The first-order valence-corrected chi connectivity index (χ1v) is 8.01. The van der Waals surface area contributed by atoms with Gasteiger partial charge in [-0.05, 0) is 32.4 Å². The van der Waals surface area contributed by atoms with Crippen molar-refractivity contribution in [3.63, 3.8) is 0 Å². The molecule has 2 atom stereocenters. The topological polar surface area (TPSA) is 52.7 Å². The van der Waals surface area contributed by atoms with E-state index >= 15 is 0 Å². The van der Waals surface area contributed by atoms with Crippen molar-refractivity contribution in [2.24, 2.45) is 5.73 Å². The van der Waals surface area contributed by atoms with E-state index in [9.17, 15) is 0 Å². The van der Waals surface area contributed by atoms with Gasteiger partial charge in [-0.15, -0.1) is 0 Å². The summed E-state index contributed by atoms with van der Waals surface area (Å²) in [5.74, 6) is 0. The molecule has 1 saturated heterocycles. The van der Waals surface area contributed by atoms with Crippen molar-refractivity contribution in [3.05, 3.63) is 35.4 Å². The molecule has 3 N–H and O–H groups in total. The number of benzene rings is 1. The summed E-state index contributed by atoms with van der Waals surface area (Å²) in [5, 5.41) is 9.10. The van der Waals surface area contributed by atoms with Gasteiger partial charge in [-0.3, -0.25) is 9.80 Å². The Morgan fingerprint density at radius 1 is 1.14 bits per heavy atom. The number of hydrogen-bond donors (Lipinski definition) is 2. The summed E-state index contributed by atoms with van der Waals surface area (Å²) in [6.07, 6.45) is 1.13. The second kappa shape index (κ2) is 7.90. The molecule has 1 aromatic rings. The van der Waals surface area contributed by atoms with Crippen LogP contribution in [0.25, 0.3) is 0 Å². The summed E-state index contributed by atoms with van der Waals surface area (Å²) in [7, 11) is 0. The predicted molar refractivity (Wildman–Crippen MR) is 87.3 cm³/mol. The number of nitrogens with zero attached hydrogens (tertiary/aromatic N) is 2. The van der Waals surface area contributed by atoms with Crippen molar-refractivity contribution in [2.75, 3.05) is 39.3 Å². The standard InChI is InChI=1S/C17H29N3O/c1-14-4-6-16(7-5-14)17(15(2)18)20-9-3-8-19(10-11-20)12-13-21/h4-7,15,17,21H,3,8-13,18H2,1-2H3. The third kappa shape index (κ3) is 4.51. The Hall–Kier alpha value is -0.940. The van der Waals surface area contributed by atoms with Crippen molar-refractivity contribution in [3.8, 4) is 0 Å². The molecule has 0 spiro atoms. The lowest BCUT2D eigenvalue weighted by molar-refractivity contribution is 0.169. The molecule has 1 aliphatic rings. The largest absolute Gasteiger partial charge is 0.395 e. The molecule has 4 nitrogen and oxygen atoms in total. The summed E-state index contributed by atoms with van der Waals surface area (Å²) in [6, 6.07) is 9.14. The van der Waals surface area contributed by atoms with E-state index in [2.05, 4.69) is 47.9 Å². The molecule has 4 heteroatoms. The molecule has 1 heterocycles. The second-order valence-electron chi connectivity index (χ2n) is 6.17. The van der Waals surface area contributed by atoms with E-state index < -0.39 is 0 Å². The third-order valence-electron chi connectivity index (χ3n) is 4.35. The Balaban J connectivity index is 2.09. The number of rotatable bonds is 5. The minimum atomic E-state index is 0.108. The van der Waals surface area contributed by atoms with Gasteiger partial charge < -0.3 is 10.8 Å². The van der Waals surface area contributed by atoms with Gasteiger partial charge in [-0.1, -0.05) is 29.8 Å². The SMILES string of the molecule is Cc1ccc(C(C(C)N)N2CCCN(CCO)CC2)cc1. The van der Waals surface area contributed by atoms with Crippen LogP contribution in [0.4, 0.5) is 0 Å². The predicted octanol–water partition coefficient (Wildman–Crippen LogP) is 1.38. The van der Waals surface area contributed by atoms with Crippen LogP contribution in [0, 0.1) is 6.92 Å². The quantitative estimate of drug-likeness (QED) is 0.861. The summed E-state index contributed by atoms with van der Waals surface area (Å²) >= 11 is 0. The van der Waals surface area contributed by atoms with E-state index in [-0.39, 0.29) is 18.7 Å². The Morgan fingerprint density at radius 2 is 1.86 bits per heavy atom. The molecule has 1 fully saturated rings. The lowest BCUT2D eigenvalue weighted by Crippen LogP contribution is -2.41. The molecule has 118 valence electrons. The highest BCUT2D eigenvalue weighted by Gasteiger charge is 2.26. The Bertz CT molecular complexity index is 419.